The van der Waals surface area contributed by atoms with E-state index in [4.69, 9.17) is 5.73 Å². The number of thiophene rings is 1. The van der Waals surface area contributed by atoms with Crippen LogP contribution in [0.25, 0.3) is 10.1 Å². The van der Waals surface area contributed by atoms with Gasteiger partial charge in [-0.2, -0.15) is 0 Å². The van der Waals surface area contributed by atoms with Crippen LogP contribution in [-0.4, -0.2) is 0 Å². The quantitative estimate of drug-likeness (QED) is 0.739. The lowest BCUT2D eigenvalue weighted by Gasteiger charge is -1.95. The molecule has 0 fully saturated rings. The summed E-state index contributed by atoms with van der Waals surface area (Å²) >= 11 is 3.99. The predicted molar refractivity (Wildman–Crippen MR) is 63.7 cm³/mol. The Morgan fingerprint density at radius 1 is 1.33 bits per heavy atom. The van der Waals surface area contributed by atoms with Gasteiger partial charge in [0.15, 0.2) is 0 Å². The molecule has 1 nitrogen and oxygen atoms in total. The van der Waals surface area contributed by atoms with Crippen molar-refractivity contribution < 1.29 is 0 Å². The van der Waals surface area contributed by atoms with Crippen LogP contribution >= 0.6 is 33.9 Å². The second kappa shape index (κ2) is 2.88. The summed E-state index contributed by atoms with van der Waals surface area (Å²) in [6, 6.07) is 6.38. The molecule has 0 atom stereocenters. The molecule has 0 saturated carbocycles. The molecule has 0 aliphatic heterocycles. The minimum atomic E-state index is 0.898. The van der Waals surface area contributed by atoms with Crippen LogP contribution in [0.5, 0.6) is 0 Å². The Morgan fingerprint density at radius 2 is 2.08 bits per heavy atom. The molecular formula is C9H8INS. The first kappa shape index (κ1) is 8.31. The summed E-state index contributed by atoms with van der Waals surface area (Å²) < 4.78 is 2.59. The predicted octanol–water partition coefficient (Wildman–Crippen LogP) is 3.40. The molecule has 2 aromatic rings. The molecule has 12 heavy (non-hydrogen) atoms. The highest BCUT2D eigenvalue weighted by Gasteiger charge is 2.02. The van der Waals surface area contributed by atoms with Gasteiger partial charge in [-0.3, -0.25) is 0 Å². The fourth-order valence-electron chi connectivity index (χ4n) is 1.30. The van der Waals surface area contributed by atoms with Crippen LogP contribution in [0, 0.1) is 10.5 Å². The monoisotopic (exact) mass is 289 g/mol. The molecule has 1 aromatic carbocycles. The van der Waals surface area contributed by atoms with Crippen molar-refractivity contribution in [3.8, 4) is 0 Å². The smallest absolute Gasteiger partial charge is 0.0868 e. The standard InChI is InChI=1S/C9H8INS/c1-5-2-7(10)3-6-4-8(11)12-9(5)6/h2-4H,11H2,1H3. The molecule has 62 valence electrons. The number of rotatable bonds is 0. The lowest BCUT2D eigenvalue weighted by atomic mass is 10.2. The molecule has 0 amide bonds. The summed E-state index contributed by atoms with van der Waals surface area (Å²) in [5.41, 5.74) is 7.04. The van der Waals surface area contributed by atoms with Crippen molar-refractivity contribution in [1.29, 1.82) is 0 Å². The second-order valence-electron chi connectivity index (χ2n) is 2.79. The molecule has 0 unspecified atom stereocenters. The van der Waals surface area contributed by atoms with Gasteiger partial charge >= 0.3 is 0 Å². The molecule has 1 heterocycles. The molecule has 0 radical (unpaired) electrons. The Balaban J connectivity index is 2.88. The van der Waals surface area contributed by atoms with E-state index < -0.39 is 0 Å². The number of nitrogen functional groups attached to an aromatic ring is 1. The minimum Gasteiger partial charge on any atom is -0.391 e. The number of hydrogen-bond donors (Lipinski definition) is 1. The summed E-state index contributed by atoms with van der Waals surface area (Å²) in [4.78, 5) is 0. The van der Waals surface area contributed by atoms with Crippen molar-refractivity contribution in [1.82, 2.24) is 0 Å². The maximum atomic E-state index is 5.73. The highest BCUT2D eigenvalue weighted by molar-refractivity contribution is 14.1. The summed E-state index contributed by atoms with van der Waals surface area (Å²) in [7, 11) is 0. The SMILES string of the molecule is Cc1cc(I)cc2cc(N)sc12. The normalized spacial score (nSPS) is 10.8. The molecule has 0 spiro atoms. The van der Waals surface area contributed by atoms with Crippen molar-refractivity contribution >= 4 is 49.0 Å². The molecule has 0 aliphatic rings. The Hall–Kier alpha value is -0.290. The third-order valence-electron chi connectivity index (χ3n) is 1.79. The number of hydrogen-bond acceptors (Lipinski definition) is 2. The van der Waals surface area contributed by atoms with Crippen LogP contribution in [0.1, 0.15) is 5.56 Å². The first-order valence-corrected chi connectivity index (χ1v) is 5.51. The van der Waals surface area contributed by atoms with E-state index in [-0.39, 0.29) is 0 Å². The van der Waals surface area contributed by atoms with E-state index >= 15 is 0 Å². The van der Waals surface area contributed by atoms with Gasteiger partial charge in [-0.25, -0.2) is 0 Å². The van der Waals surface area contributed by atoms with Crippen LogP contribution in [0.3, 0.4) is 0 Å². The summed E-state index contributed by atoms with van der Waals surface area (Å²) in [6.45, 7) is 2.13. The Labute approximate surface area is 88.7 Å². The van der Waals surface area contributed by atoms with Gasteiger partial charge in [0, 0.05) is 8.27 Å². The first-order valence-electron chi connectivity index (χ1n) is 3.62. The number of nitrogens with two attached hydrogens (primary N) is 1. The third-order valence-corrected chi connectivity index (χ3v) is 3.52. The fraction of sp³-hybridized carbons (Fsp3) is 0.111. The van der Waals surface area contributed by atoms with Crippen molar-refractivity contribution in [3.63, 3.8) is 0 Å². The number of aryl methyl sites for hydroxylation is 1. The minimum absolute atomic E-state index is 0.898. The molecule has 0 aliphatic carbocycles. The molecular weight excluding hydrogens is 281 g/mol. The highest BCUT2D eigenvalue weighted by atomic mass is 127. The van der Waals surface area contributed by atoms with E-state index in [2.05, 4.69) is 41.6 Å². The van der Waals surface area contributed by atoms with Gasteiger partial charge < -0.3 is 5.73 Å². The molecule has 3 heteroatoms. The maximum Gasteiger partial charge on any atom is 0.0868 e. The van der Waals surface area contributed by atoms with Crippen molar-refractivity contribution in [2.24, 2.45) is 0 Å². The van der Waals surface area contributed by atoms with Crippen LogP contribution in [-0.2, 0) is 0 Å². The van der Waals surface area contributed by atoms with Gasteiger partial charge in [0.1, 0.15) is 0 Å². The van der Waals surface area contributed by atoms with E-state index in [0.29, 0.717) is 0 Å². The molecule has 0 bridgehead atoms. The summed E-state index contributed by atoms with van der Waals surface area (Å²) in [5.74, 6) is 0. The van der Waals surface area contributed by atoms with Crippen molar-refractivity contribution in [2.45, 2.75) is 6.92 Å². The highest BCUT2D eigenvalue weighted by Crippen LogP contribution is 2.31. The summed E-state index contributed by atoms with van der Waals surface area (Å²) in [6.07, 6.45) is 0. The van der Waals surface area contributed by atoms with Gasteiger partial charge in [0.2, 0.25) is 0 Å². The maximum absolute atomic E-state index is 5.73. The second-order valence-corrected chi connectivity index (χ2v) is 5.12. The zero-order valence-electron chi connectivity index (χ0n) is 6.60. The van der Waals surface area contributed by atoms with Gasteiger partial charge in [-0.05, 0) is 58.7 Å². The lowest BCUT2D eigenvalue weighted by molar-refractivity contribution is 1.53. The topological polar surface area (TPSA) is 26.0 Å². The number of halogens is 1. The van der Waals surface area contributed by atoms with E-state index in [0.717, 1.165) is 5.00 Å². The Morgan fingerprint density at radius 3 is 2.83 bits per heavy atom. The average Bonchev–Trinajstić information content (AvgIpc) is 2.29. The lowest BCUT2D eigenvalue weighted by Crippen LogP contribution is -1.74. The fourth-order valence-corrected chi connectivity index (χ4v) is 2.98. The van der Waals surface area contributed by atoms with Crippen LogP contribution in [0.15, 0.2) is 18.2 Å². The van der Waals surface area contributed by atoms with E-state index in [9.17, 15) is 0 Å². The largest absolute Gasteiger partial charge is 0.391 e. The third kappa shape index (κ3) is 1.31. The molecule has 2 N–H and O–H groups in total. The Bertz CT molecular complexity index is 433. The van der Waals surface area contributed by atoms with Gasteiger partial charge in [0.05, 0.1) is 5.00 Å². The van der Waals surface area contributed by atoms with Gasteiger partial charge in [-0.15, -0.1) is 11.3 Å². The van der Waals surface area contributed by atoms with E-state index in [1.165, 1.54) is 19.2 Å². The van der Waals surface area contributed by atoms with E-state index in [1.54, 1.807) is 11.3 Å². The van der Waals surface area contributed by atoms with Gasteiger partial charge in [0.25, 0.3) is 0 Å². The zero-order valence-corrected chi connectivity index (χ0v) is 9.57. The van der Waals surface area contributed by atoms with Crippen LogP contribution < -0.4 is 5.73 Å². The number of anilines is 1. The summed E-state index contributed by atoms with van der Waals surface area (Å²) in [5, 5.41) is 2.16. The zero-order chi connectivity index (χ0) is 8.72. The number of fused-ring (bicyclic) bond motifs is 1. The van der Waals surface area contributed by atoms with Crippen molar-refractivity contribution in [2.75, 3.05) is 5.73 Å². The first-order chi connectivity index (χ1) is 5.66. The average molecular weight is 289 g/mol. The molecule has 2 rings (SSSR count). The molecule has 1 aromatic heterocycles. The van der Waals surface area contributed by atoms with Crippen LogP contribution in [0.2, 0.25) is 0 Å². The molecule has 0 saturated heterocycles. The van der Waals surface area contributed by atoms with E-state index in [1.807, 2.05) is 6.07 Å². The van der Waals surface area contributed by atoms with Crippen molar-refractivity contribution in [3.05, 3.63) is 27.3 Å². The van der Waals surface area contributed by atoms with Gasteiger partial charge in [-0.1, -0.05) is 0 Å². The van der Waals surface area contributed by atoms with Crippen LogP contribution in [0.4, 0.5) is 5.00 Å². The Kier molecular flexibility index (Phi) is 2.00. The number of benzene rings is 1.